The molecule has 23 heteroatoms. The van der Waals surface area contributed by atoms with Crippen molar-refractivity contribution in [2.75, 3.05) is 23.8 Å². The number of rotatable bonds is 9. The number of para-hydroxylation sites is 3. The SMILES string of the molecule is Brc1cccc(-c2ccccc2)c1Cc1c(Br)cccc1-c1ccccc1.Brc1cccc(-c2ccccc2)c1I.C.C1CCOC1.ClB(Cl)Cl.Nc1c(Br)cccc1-c1ccccc1.[CH2-]CCC.[CH3][Sn]([CH3])([Cl])[Cl].[CH3][Sn]1([CH3])[c]2cccc(-c3ccccc3)c2Cc2c(-c3ccccc3)ccc[c]21.[CH3][Sn]1([CH3])[c]2cccc3c2N2B(c4ccccc4-3)c3ccccc3-c3ccc[c]1c32.[Cu][I].[Li+].c1cnc2c(c1)ccc1cccnc12. The Balaban J connectivity index is 0.000000155. The molecule has 1 fully saturated rings. The molecule has 0 bridgehead atoms. The van der Waals surface area contributed by atoms with E-state index in [-0.39, 0.29) is 33.1 Å². The maximum absolute atomic E-state index is 5.97. The number of unbranched alkanes of at least 4 members (excludes halogenated alkanes) is 1. The van der Waals surface area contributed by atoms with Crippen molar-refractivity contribution in [3.8, 4) is 89.0 Å². The molecular formula is C125H115B2Br4Cl5CuI2LiN4OSn3. The molecule has 5 aliphatic rings. The second-order valence-corrected chi connectivity index (χ2v) is 89.3. The fourth-order valence-electron chi connectivity index (χ4n) is 19.2. The molecule has 148 heavy (non-hydrogen) atoms. The third kappa shape index (κ3) is 30.5. The molecule has 0 atom stereocenters. The number of ether oxygens (including phenoxy) is 1. The number of benzene rings is 17. The summed E-state index contributed by atoms with van der Waals surface area (Å²) in [5.74, 6) is 0. The zero-order valence-electron chi connectivity index (χ0n) is 83.2. The summed E-state index contributed by atoms with van der Waals surface area (Å²) in [7, 11) is 11.0. The normalized spacial score (nSPS) is 12.4. The predicted molar refractivity (Wildman–Crippen MR) is 680 cm³/mol. The van der Waals surface area contributed by atoms with E-state index in [9.17, 15) is 0 Å². The minimum atomic E-state index is -2.70. The number of aromatic nitrogens is 2. The zero-order valence-corrected chi connectivity index (χ0v) is 107. The third-order valence-electron chi connectivity index (χ3n) is 25.9. The van der Waals surface area contributed by atoms with Crippen LogP contribution in [-0.4, -0.2) is 87.9 Å². The molecule has 2 N–H and O–H groups in total. The standard InChI is InChI=1S/C25H18Br2.C25H18.C24H14BN.C12H8BrI.C12H10BrN.C12H8N2.C4H8O.C4H9.CH4.6CH3.BCl3.2ClH.Cu.HI.Li.3Sn/c26-24-15-7-13-20(18-9-3-1-4-10-18)22(24)17-23-21(14-8-16-25(23)27)19-11-5-2-6-12-19;1-3-11-20(12-4-1)24-17-9-7-15-22(24)19-23-16-8-10-18-25(23)21-13-5-2-6-14-21;1-5-13-21-17(9-1)19-11-3-7-15-23(19)26-24-16-8-4-12-20(24)18-10-2-6-14-22(18)25(21)26;2*13-11-8-4-7-10(12(11)14)9-5-2-1-3-6-9;1-3-9-5-6-10-4-2-8-14-12(10)11(9)13-7-1;1-2-4-5-3-1;1-3-4-2;;;;;;;;2-1(3)4;;;;;;;;/h1-16H,17H2;1-14,17-18H,19H2;1-14H;1-8H;1-8H,14H2;1-8H;1-4H2;1,3-4H2,2H3;1H4;6*1H3;;2*1H;;1H;;;;/q;;;;;;;-1;;;;;;;;;;;+1;;+1;;;+2/p-3. The quantitative estimate of drug-likeness (QED) is 0.0513. The first-order valence-electron chi connectivity index (χ1n) is 48.5. The van der Waals surface area contributed by atoms with Gasteiger partial charge < -0.3 is 17.4 Å². The molecule has 0 aliphatic carbocycles. The molecular weight excluding hydrogens is 2770 g/mol. The molecule has 5 aliphatic heterocycles. The summed E-state index contributed by atoms with van der Waals surface area (Å²) in [5.41, 5.74) is 41.2. The Bertz CT molecular complexity index is 7140. The average Bonchev–Trinajstić information content (AvgIpc) is 0.800. The summed E-state index contributed by atoms with van der Waals surface area (Å²) in [6.45, 7) is 7.98. The second kappa shape index (κ2) is 58.9. The van der Waals surface area contributed by atoms with Crippen molar-refractivity contribution in [2.24, 2.45) is 0 Å². The molecule has 0 saturated carbocycles. The van der Waals surface area contributed by atoms with E-state index in [1.807, 2.05) is 64.5 Å². The summed E-state index contributed by atoms with van der Waals surface area (Å²) < 4.78 is 17.2. The van der Waals surface area contributed by atoms with Crippen LogP contribution < -0.4 is 54.6 Å². The van der Waals surface area contributed by atoms with E-state index < -0.39 is 57.8 Å². The average molecular weight is 2890 g/mol. The van der Waals surface area contributed by atoms with Crippen molar-refractivity contribution in [1.29, 1.82) is 0 Å². The second-order valence-electron chi connectivity index (χ2n) is 36.6. The van der Waals surface area contributed by atoms with E-state index in [1.165, 1.54) is 134 Å². The number of halogens is 11. The first-order valence-corrected chi connectivity index (χ1v) is 87.1. The molecule has 1 saturated heterocycles. The van der Waals surface area contributed by atoms with Crippen LogP contribution in [0, 0.1) is 10.5 Å². The topological polar surface area (TPSA) is 64.3 Å². The molecule has 0 amide bonds. The van der Waals surface area contributed by atoms with Gasteiger partial charge in [-0.2, -0.15) is 40.8 Å². The summed E-state index contributed by atoms with van der Waals surface area (Å²) in [4.78, 5) is 24.8. The van der Waals surface area contributed by atoms with Crippen molar-refractivity contribution in [3.05, 3.63) is 476 Å². The first-order chi connectivity index (χ1) is 70.7. The number of fused-ring (bicyclic) bond motifs is 11. The van der Waals surface area contributed by atoms with Crippen molar-refractivity contribution in [3.63, 3.8) is 0 Å². The van der Waals surface area contributed by atoms with Crippen LogP contribution in [-0.2, 0) is 30.3 Å². The molecule has 17 aromatic carbocycles. The Morgan fingerprint density at radius 1 is 0.392 bits per heavy atom. The van der Waals surface area contributed by atoms with E-state index in [0.29, 0.717) is 0 Å². The Kier molecular flexibility index (Phi) is 47.9. The van der Waals surface area contributed by atoms with Crippen LogP contribution >= 0.6 is 159 Å². The van der Waals surface area contributed by atoms with E-state index >= 15 is 0 Å². The number of nitrogen functional groups attached to an aromatic ring is 1. The minimum absolute atomic E-state index is 0. The van der Waals surface area contributed by atoms with Crippen LogP contribution in [0.1, 0.15) is 62.3 Å². The summed E-state index contributed by atoms with van der Waals surface area (Å²) in [6, 6.07) is 147. The van der Waals surface area contributed by atoms with Crippen LogP contribution in [0.3, 0.4) is 0 Å². The molecule has 7 heterocycles. The van der Waals surface area contributed by atoms with Gasteiger partial charge in [0, 0.05) is 69.8 Å². The Hall–Kier alpha value is -6.41. The van der Waals surface area contributed by atoms with E-state index in [4.69, 9.17) is 62.7 Å². The van der Waals surface area contributed by atoms with Gasteiger partial charge in [-0.25, -0.2) is 0 Å². The van der Waals surface area contributed by atoms with Gasteiger partial charge in [-0.1, -0.05) is 247 Å². The van der Waals surface area contributed by atoms with Crippen LogP contribution in [0.5, 0.6) is 0 Å². The number of nitrogens with zero attached hydrogens (tertiary/aromatic N) is 3. The van der Waals surface area contributed by atoms with Crippen LogP contribution in [0.4, 0.5) is 17.1 Å². The largest absolute Gasteiger partial charge is 1.00 e. The van der Waals surface area contributed by atoms with Gasteiger partial charge in [-0.3, -0.25) is 9.97 Å². The van der Waals surface area contributed by atoms with Crippen LogP contribution in [0.2, 0.25) is 29.6 Å². The third-order valence-corrected chi connectivity index (χ3v) is 51.0. The molecule has 19 aromatic rings. The van der Waals surface area contributed by atoms with Gasteiger partial charge in [0.05, 0.1) is 16.7 Å². The van der Waals surface area contributed by atoms with Crippen LogP contribution in [0.25, 0.3) is 111 Å². The number of pyridine rings is 2. The van der Waals surface area contributed by atoms with Gasteiger partial charge in [0.15, 0.2) is 0 Å². The fourth-order valence-corrected chi connectivity index (χ4v) is 39.5. The molecule has 24 rings (SSSR count). The van der Waals surface area contributed by atoms with Crippen molar-refractivity contribution < 1.29 is 36.4 Å². The van der Waals surface area contributed by atoms with Crippen LogP contribution in [0.15, 0.2) is 443 Å². The van der Waals surface area contributed by atoms with Gasteiger partial charge in [-0.05, 0) is 154 Å². The van der Waals surface area contributed by atoms with Gasteiger partial charge >= 0.3 is 450 Å². The van der Waals surface area contributed by atoms with E-state index in [0.717, 1.165) is 89.0 Å². The van der Waals surface area contributed by atoms with E-state index in [2.05, 4.69) is 505 Å². The van der Waals surface area contributed by atoms with Gasteiger partial charge in [0.2, 0.25) is 0 Å². The fraction of sp³-hybridized carbons (Fsp3) is 0.128. The summed E-state index contributed by atoms with van der Waals surface area (Å²) >= 11 is 29.6. The molecule has 5 nitrogen and oxygen atoms in total. The first kappa shape index (κ1) is 120. The van der Waals surface area contributed by atoms with Crippen molar-refractivity contribution in [2.45, 2.75) is 82.5 Å². The molecule has 0 radical (unpaired) electrons. The summed E-state index contributed by atoms with van der Waals surface area (Å²) in [6.07, 6.45) is 10.3. The number of anilines is 3. The van der Waals surface area contributed by atoms with Crippen molar-refractivity contribution >= 4 is 288 Å². The molecule has 0 unspecified atom stereocenters. The molecule has 748 valence electrons. The Morgan fingerprint density at radius 2 is 0.676 bits per heavy atom. The molecule has 0 spiro atoms. The Morgan fingerprint density at radius 3 is 1.04 bits per heavy atom. The van der Waals surface area contributed by atoms with E-state index in [1.54, 1.807) is 58.2 Å². The maximum Gasteiger partial charge on any atom is 1.00 e. The van der Waals surface area contributed by atoms with Gasteiger partial charge in [-0.15, -0.1) is 0 Å². The Labute approximate surface area is 991 Å². The van der Waals surface area contributed by atoms with Crippen molar-refractivity contribution in [1.82, 2.24) is 9.97 Å². The summed E-state index contributed by atoms with van der Waals surface area (Å²) in [5, 5.41) is 2.28. The van der Waals surface area contributed by atoms with Gasteiger partial charge in [0.1, 0.15) is 0 Å². The number of hydrogen-bond acceptors (Lipinski definition) is 5. The van der Waals surface area contributed by atoms with Gasteiger partial charge in [0.25, 0.3) is 0 Å². The smallest absolute Gasteiger partial charge is 0.254 e. The number of nitrogens with two attached hydrogens (primary N) is 1. The minimum Gasteiger partial charge on any atom is -0.254 e. The molecule has 2 aromatic heterocycles. The predicted octanol–water partition coefficient (Wildman–Crippen LogP) is 33.6. The zero-order chi connectivity index (χ0) is 103. The monoisotopic (exact) mass is 2880 g/mol. The maximum atomic E-state index is 5.97. The number of hydrogen-bond donors (Lipinski definition) is 1.